The van der Waals surface area contributed by atoms with Crippen LogP contribution >= 0.6 is 23.1 Å². The molecule has 1 fully saturated rings. The minimum Gasteiger partial charge on any atom is -0.444 e. The Kier molecular flexibility index (Phi) is 8.29. The third-order valence-corrected chi connectivity index (χ3v) is 5.59. The maximum absolute atomic E-state index is 12.6. The molecule has 0 spiro atoms. The van der Waals surface area contributed by atoms with Crippen molar-refractivity contribution in [2.75, 3.05) is 30.9 Å². The fraction of sp³-hybridized carbons (Fsp3) is 0.588. The maximum atomic E-state index is 12.6. The second-order valence-electron chi connectivity index (χ2n) is 7.26. The summed E-state index contributed by atoms with van der Waals surface area (Å²) in [6, 6.07) is -0.917. The van der Waals surface area contributed by atoms with E-state index in [1.165, 1.54) is 25.1 Å². The van der Waals surface area contributed by atoms with Crippen LogP contribution in [0, 0.1) is 0 Å². The van der Waals surface area contributed by atoms with Crippen LogP contribution in [0.25, 0.3) is 0 Å². The fourth-order valence-electron chi connectivity index (χ4n) is 2.39. The number of aromatic nitrogens is 1. The molecule has 5 N–H and O–H groups in total. The lowest BCUT2D eigenvalue weighted by Gasteiger charge is -2.36. The number of thiazole rings is 1. The molecule has 1 aliphatic rings. The number of nitrogens with zero attached hydrogens (tertiary/aromatic N) is 2. The van der Waals surface area contributed by atoms with Crippen molar-refractivity contribution >= 4 is 51.8 Å². The molecule has 1 aromatic rings. The van der Waals surface area contributed by atoms with Gasteiger partial charge in [-0.05, 0) is 20.8 Å². The molecule has 30 heavy (non-hydrogen) atoms. The zero-order chi connectivity index (χ0) is 22.3. The van der Waals surface area contributed by atoms with E-state index in [0.29, 0.717) is 22.9 Å². The van der Waals surface area contributed by atoms with E-state index >= 15 is 0 Å². The van der Waals surface area contributed by atoms with E-state index in [2.05, 4.69) is 26.1 Å². The number of thioether (sulfide) groups is 1. The van der Waals surface area contributed by atoms with E-state index in [1.54, 1.807) is 20.8 Å². The maximum Gasteiger partial charge on any atom is 0.407 e. The van der Waals surface area contributed by atoms with Crippen molar-refractivity contribution in [1.29, 1.82) is 0 Å². The first-order valence-corrected chi connectivity index (χ1v) is 11.1. The van der Waals surface area contributed by atoms with Crippen LogP contribution in [0.5, 0.6) is 0 Å². The highest BCUT2D eigenvalue weighted by Crippen LogP contribution is 2.17. The van der Waals surface area contributed by atoms with Gasteiger partial charge in [0.2, 0.25) is 5.91 Å². The van der Waals surface area contributed by atoms with Crippen molar-refractivity contribution in [3.8, 4) is 0 Å². The predicted molar refractivity (Wildman–Crippen MR) is 115 cm³/mol. The number of hydrogen-bond acceptors (Lipinski definition) is 10. The number of β-lactam (4-membered cyclic amide) rings is 1. The minimum absolute atomic E-state index is 0.000589. The van der Waals surface area contributed by atoms with Gasteiger partial charge in [-0.3, -0.25) is 9.59 Å². The monoisotopic (exact) mass is 458 g/mol. The number of nitrogen functional groups attached to an aromatic ring is 1. The highest BCUT2D eigenvalue weighted by atomic mass is 32.2. The van der Waals surface area contributed by atoms with Crippen LogP contribution in [0.2, 0.25) is 0 Å². The zero-order valence-corrected chi connectivity index (χ0v) is 18.8. The van der Waals surface area contributed by atoms with E-state index in [1.807, 2.05) is 0 Å². The van der Waals surface area contributed by atoms with Crippen LogP contribution in [0.1, 0.15) is 25.6 Å². The number of nitrogens with one attached hydrogen (secondary N) is 3. The molecule has 0 aromatic carbocycles. The number of carbonyl (C=O) groups is 3. The lowest BCUT2D eigenvalue weighted by atomic mass is 10.0. The van der Waals surface area contributed by atoms with Crippen LogP contribution in [0.4, 0.5) is 9.93 Å². The molecular formula is C17H26N6O5S2. The number of nitrogens with two attached hydrogens (primary N) is 1. The summed E-state index contributed by atoms with van der Waals surface area (Å²) in [6.45, 7) is 5.81. The molecule has 11 nitrogen and oxygen atoms in total. The average molecular weight is 459 g/mol. The minimum atomic E-state index is -0.684. The summed E-state index contributed by atoms with van der Waals surface area (Å²) in [5, 5.41) is 12.1. The smallest absolute Gasteiger partial charge is 0.407 e. The molecule has 0 aliphatic carbocycles. The summed E-state index contributed by atoms with van der Waals surface area (Å²) in [5.74, 6) is 0.364. The van der Waals surface area contributed by atoms with Gasteiger partial charge in [-0.1, -0.05) is 16.5 Å². The Bertz CT molecular complexity index is 807. The van der Waals surface area contributed by atoms with Crippen molar-refractivity contribution < 1.29 is 24.0 Å². The van der Waals surface area contributed by atoms with Gasteiger partial charge in [0.1, 0.15) is 18.8 Å². The molecule has 0 bridgehead atoms. The quantitative estimate of drug-likeness (QED) is 0.178. The number of oxime groups is 1. The van der Waals surface area contributed by atoms with Crippen LogP contribution in [0.3, 0.4) is 0 Å². The number of anilines is 1. The van der Waals surface area contributed by atoms with Crippen molar-refractivity contribution in [1.82, 2.24) is 20.9 Å². The number of amides is 3. The average Bonchev–Trinajstić information content (AvgIpc) is 3.07. The number of carbonyl (C=O) groups excluding carboxylic acids is 3. The lowest BCUT2D eigenvalue weighted by Crippen LogP contribution is -2.70. The van der Waals surface area contributed by atoms with E-state index in [9.17, 15) is 14.4 Å². The number of hydrogen-bond donors (Lipinski definition) is 4. The molecule has 2 heterocycles. The fourth-order valence-corrected chi connectivity index (χ4v) is 4.00. The van der Waals surface area contributed by atoms with Crippen LogP contribution < -0.4 is 21.7 Å². The van der Waals surface area contributed by atoms with Crippen LogP contribution in [0.15, 0.2) is 11.4 Å². The van der Waals surface area contributed by atoms with Crippen LogP contribution in [-0.2, 0) is 19.2 Å². The molecule has 1 aromatic heterocycles. The second-order valence-corrected chi connectivity index (χ2v) is 9.47. The molecule has 0 saturated carbocycles. The van der Waals surface area contributed by atoms with Crippen LogP contribution in [-0.4, -0.2) is 71.4 Å². The zero-order valence-electron chi connectivity index (χ0n) is 17.2. The summed E-state index contributed by atoms with van der Waals surface area (Å²) >= 11 is 2.62. The Balaban J connectivity index is 1.78. The largest absolute Gasteiger partial charge is 0.444 e. The third-order valence-electron chi connectivity index (χ3n) is 3.67. The van der Waals surface area contributed by atoms with Gasteiger partial charge in [0.05, 0.1) is 10.9 Å². The summed E-state index contributed by atoms with van der Waals surface area (Å²) in [5.41, 5.74) is 5.06. The lowest BCUT2D eigenvalue weighted by molar-refractivity contribution is -0.134. The second kappa shape index (κ2) is 10.5. The molecule has 0 radical (unpaired) electrons. The summed E-state index contributed by atoms with van der Waals surface area (Å²) < 4.78 is 5.16. The molecule has 1 saturated heterocycles. The SMILES string of the molecule is CO/N=C(\C(=O)NC1C(=O)NC1CSCCNC(=O)OC(C)(C)C)c1cnc(N)s1. The number of ether oxygens (including phenoxy) is 1. The molecule has 2 rings (SSSR count). The van der Waals surface area contributed by atoms with Gasteiger partial charge in [-0.15, -0.1) is 0 Å². The first-order chi connectivity index (χ1) is 14.1. The topological polar surface area (TPSA) is 157 Å². The Morgan fingerprint density at radius 2 is 2.17 bits per heavy atom. The van der Waals surface area contributed by atoms with Gasteiger partial charge < -0.3 is 31.3 Å². The van der Waals surface area contributed by atoms with Gasteiger partial charge in [-0.2, -0.15) is 11.8 Å². The first kappa shape index (κ1) is 23.7. The van der Waals surface area contributed by atoms with Gasteiger partial charge in [0, 0.05) is 24.2 Å². The Labute approximate surface area is 182 Å². The standard InChI is InChI=1S/C17H26N6O5S2/c1-17(2,3)28-16(26)19-5-6-29-8-9-11(13(24)21-9)22-14(25)12(23-27-4)10-7-20-15(18)30-10/h7,9,11H,5-6,8H2,1-4H3,(H2,18,20)(H,19,26)(H,21,24)(H,22,25)/b23-12-. The van der Waals surface area contributed by atoms with Gasteiger partial charge in [0.15, 0.2) is 10.8 Å². The molecule has 2 atom stereocenters. The highest BCUT2D eigenvalue weighted by molar-refractivity contribution is 7.99. The van der Waals surface area contributed by atoms with Gasteiger partial charge in [-0.25, -0.2) is 9.78 Å². The van der Waals surface area contributed by atoms with E-state index in [0.717, 1.165) is 11.3 Å². The molecule has 1 aliphatic heterocycles. The molecule has 2 unspecified atom stereocenters. The predicted octanol–water partition coefficient (Wildman–Crippen LogP) is 0.317. The summed E-state index contributed by atoms with van der Waals surface area (Å²) in [4.78, 5) is 45.1. The summed E-state index contributed by atoms with van der Waals surface area (Å²) in [7, 11) is 1.32. The molecular weight excluding hydrogens is 432 g/mol. The van der Waals surface area contributed by atoms with Crippen molar-refractivity contribution in [2.24, 2.45) is 5.16 Å². The van der Waals surface area contributed by atoms with E-state index in [4.69, 9.17) is 15.3 Å². The van der Waals surface area contributed by atoms with Gasteiger partial charge in [0.25, 0.3) is 5.91 Å². The molecule has 3 amide bonds. The Morgan fingerprint density at radius 3 is 2.73 bits per heavy atom. The van der Waals surface area contributed by atoms with Crippen molar-refractivity contribution in [3.63, 3.8) is 0 Å². The first-order valence-electron chi connectivity index (χ1n) is 9.09. The van der Waals surface area contributed by atoms with Crippen molar-refractivity contribution in [2.45, 2.75) is 38.5 Å². The molecule has 13 heteroatoms. The Hall–Kier alpha value is -2.54. The highest BCUT2D eigenvalue weighted by Gasteiger charge is 2.41. The van der Waals surface area contributed by atoms with Crippen molar-refractivity contribution in [3.05, 3.63) is 11.1 Å². The number of rotatable bonds is 9. The van der Waals surface area contributed by atoms with Gasteiger partial charge >= 0.3 is 6.09 Å². The Morgan fingerprint density at radius 1 is 1.43 bits per heavy atom. The van der Waals surface area contributed by atoms with E-state index in [-0.39, 0.29) is 22.8 Å². The molecule has 166 valence electrons. The normalized spacial score (nSPS) is 18.8. The summed E-state index contributed by atoms with van der Waals surface area (Å²) in [6.07, 6.45) is 0.947. The van der Waals surface area contributed by atoms with E-state index < -0.39 is 23.6 Å². The number of alkyl carbamates (subject to hydrolysis) is 1. The third kappa shape index (κ3) is 7.06.